The summed E-state index contributed by atoms with van der Waals surface area (Å²) in [5.41, 5.74) is -1.04. The number of urea groups is 1. The molecule has 2 aliphatic heterocycles. The van der Waals surface area contributed by atoms with Gasteiger partial charge in [0.15, 0.2) is 0 Å². The Balaban J connectivity index is 1.33. The first kappa shape index (κ1) is 25.3. The highest BCUT2D eigenvalue weighted by molar-refractivity contribution is 6.09. The predicted molar refractivity (Wildman–Crippen MR) is 125 cm³/mol. The first-order valence-electron chi connectivity index (χ1n) is 12.1. The van der Waals surface area contributed by atoms with Crippen molar-refractivity contribution in [3.05, 3.63) is 29.8 Å². The number of alkyl halides is 3. The Labute approximate surface area is 203 Å². The minimum atomic E-state index is -4.42. The Bertz CT molecular complexity index is 988. The predicted octanol–water partition coefficient (Wildman–Crippen LogP) is 3.88. The fourth-order valence-electron chi connectivity index (χ4n) is 5.46. The molecule has 3 aliphatic rings. The smallest absolute Gasteiger partial charge is 0.368 e. The van der Waals surface area contributed by atoms with Crippen molar-refractivity contribution >= 4 is 23.5 Å². The third kappa shape index (κ3) is 5.11. The van der Waals surface area contributed by atoms with Crippen LogP contribution in [0, 0.1) is 11.3 Å². The summed E-state index contributed by atoms with van der Waals surface area (Å²) in [6.45, 7) is 7.57. The lowest BCUT2D eigenvalue weighted by atomic mass is 9.67. The second kappa shape index (κ2) is 9.02. The van der Waals surface area contributed by atoms with Crippen LogP contribution in [0.5, 0.6) is 0 Å². The zero-order chi connectivity index (χ0) is 25.6. The fourth-order valence-corrected chi connectivity index (χ4v) is 5.46. The largest absolute Gasteiger partial charge is 0.416 e. The molecule has 4 amide bonds. The van der Waals surface area contributed by atoms with E-state index in [-0.39, 0.29) is 23.8 Å². The van der Waals surface area contributed by atoms with Crippen LogP contribution in [0.1, 0.15) is 52.0 Å². The molecule has 0 unspecified atom stereocenters. The van der Waals surface area contributed by atoms with E-state index in [0.29, 0.717) is 50.6 Å². The molecule has 10 heteroatoms. The minimum Gasteiger partial charge on any atom is -0.368 e. The van der Waals surface area contributed by atoms with Gasteiger partial charge in [-0.3, -0.25) is 14.5 Å². The van der Waals surface area contributed by atoms with Crippen molar-refractivity contribution in [2.45, 2.75) is 58.2 Å². The van der Waals surface area contributed by atoms with E-state index in [0.717, 1.165) is 29.9 Å². The first-order chi connectivity index (χ1) is 16.3. The van der Waals surface area contributed by atoms with Crippen molar-refractivity contribution in [3.63, 3.8) is 0 Å². The normalized spacial score (nSPS) is 25.9. The minimum absolute atomic E-state index is 0.138. The number of benzene rings is 1. The lowest BCUT2D eigenvalue weighted by Crippen LogP contribution is -2.53. The SMILES string of the molecule is CC(C)(C)C1CCC2(CC1)NC(=O)N(CC(=O)N1CCN(c3cccc(C(F)(F)F)c3)CC1)C2=O. The van der Waals surface area contributed by atoms with E-state index in [2.05, 4.69) is 26.1 Å². The molecule has 1 aliphatic carbocycles. The highest BCUT2D eigenvalue weighted by atomic mass is 19.4. The summed E-state index contributed by atoms with van der Waals surface area (Å²) in [5, 5.41) is 2.86. The van der Waals surface area contributed by atoms with Crippen LogP contribution >= 0.6 is 0 Å². The number of carbonyl (C=O) groups excluding carboxylic acids is 3. The van der Waals surface area contributed by atoms with E-state index in [9.17, 15) is 27.6 Å². The number of hydrogen-bond acceptors (Lipinski definition) is 4. The number of rotatable bonds is 3. The van der Waals surface area contributed by atoms with Crippen molar-refractivity contribution in [3.8, 4) is 0 Å². The maximum absolute atomic E-state index is 13.2. The van der Waals surface area contributed by atoms with Crippen LogP contribution in [0.15, 0.2) is 24.3 Å². The van der Waals surface area contributed by atoms with E-state index in [1.807, 2.05) is 0 Å². The van der Waals surface area contributed by atoms with Crippen LogP contribution in [-0.4, -0.2) is 65.9 Å². The van der Waals surface area contributed by atoms with Gasteiger partial charge in [0, 0.05) is 31.9 Å². The third-order valence-electron chi connectivity index (χ3n) is 7.77. The number of imide groups is 1. The molecule has 2 heterocycles. The molecule has 1 N–H and O–H groups in total. The molecule has 7 nitrogen and oxygen atoms in total. The molecular formula is C25H33F3N4O3. The standard InChI is InChI=1S/C25H33F3N4O3/c1-23(2,3)17-7-9-24(10-8-17)21(34)32(22(35)29-24)16-20(33)31-13-11-30(12-14-31)19-6-4-5-18(15-19)25(26,27)28/h4-6,15,17H,7-14,16H2,1-3H3,(H,29,35). The molecular weight excluding hydrogens is 461 g/mol. The molecule has 1 saturated carbocycles. The second-order valence-corrected chi connectivity index (χ2v) is 11.0. The van der Waals surface area contributed by atoms with E-state index in [4.69, 9.17) is 0 Å². The maximum Gasteiger partial charge on any atom is 0.416 e. The topological polar surface area (TPSA) is 73.0 Å². The van der Waals surface area contributed by atoms with E-state index >= 15 is 0 Å². The molecule has 1 spiro atoms. The first-order valence-corrected chi connectivity index (χ1v) is 12.1. The summed E-state index contributed by atoms with van der Waals surface area (Å²) in [6.07, 6.45) is -1.59. The number of piperazine rings is 1. The second-order valence-electron chi connectivity index (χ2n) is 11.0. The van der Waals surface area contributed by atoms with Gasteiger partial charge in [0.1, 0.15) is 12.1 Å². The Kier molecular flexibility index (Phi) is 6.53. The molecule has 1 aromatic rings. The van der Waals surface area contributed by atoms with Crippen molar-refractivity contribution in [2.24, 2.45) is 11.3 Å². The van der Waals surface area contributed by atoms with Crippen molar-refractivity contribution in [1.29, 1.82) is 0 Å². The molecule has 4 rings (SSSR count). The van der Waals surface area contributed by atoms with E-state index in [1.54, 1.807) is 15.9 Å². The van der Waals surface area contributed by atoms with Gasteiger partial charge in [-0.1, -0.05) is 26.8 Å². The van der Waals surface area contributed by atoms with Crippen LogP contribution in [-0.2, 0) is 15.8 Å². The number of anilines is 1. The van der Waals surface area contributed by atoms with Gasteiger partial charge in [-0.25, -0.2) is 4.79 Å². The lowest BCUT2D eigenvalue weighted by molar-refractivity contribution is -0.140. The van der Waals surface area contributed by atoms with Gasteiger partial charge >= 0.3 is 12.2 Å². The van der Waals surface area contributed by atoms with Crippen LogP contribution in [0.25, 0.3) is 0 Å². The number of hydrogen-bond donors (Lipinski definition) is 1. The number of nitrogens with one attached hydrogen (secondary N) is 1. The van der Waals surface area contributed by atoms with Gasteiger partial charge in [0.2, 0.25) is 5.91 Å². The van der Waals surface area contributed by atoms with Crippen LogP contribution in [0.2, 0.25) is 0 Å². The van der Waals surface area contributed by atoms with Crippen LogP contribution in [0.4, 0.5) is 23.7 Å². The number of carbonyl (C=O) groups is 3. The Morgan fingerprint density at radius 3 is 2.26 bits per heavy atom. The number of nitrogens with zero attached hydrogens (tertiary/aromatic N) is 3. The summed E-state index contributed by atoms with van der Waals surface area (Å²) in [6, 6.07) is 4.61. The van der Waals surface area contributed by atoms with Gasteiger partial charge < -0.3 is 15.1 Å². The molecule has 0 bridgehead atoms. The monoisotopic (exact) mass is 494 g/mol. The highest BCUT2D eigenvalue weighted by Gasteiger charge is 2.53. The molecule has 192 valence electrons. The summed E-state index contributed by atoms with van der Waals surface area (Å²) in [4.78, 5) is 43.1. The van der Waals surface area contributed by atoms with Crippen molar-refractivity contribution in [1.82, 2.24) is 15.1 Å². The van der Waals surface area contributed by atoms with Gasteiger partial charge in [0.05, 0.1) is 5.56 Å². The Hall–Kier alpha value is -2.78. The van der Waals surface area contributed by atoms with Crippen molar-refractivity contribution < 1.29 is 27.6 Å². The van der Waals surface area contributed by atoms with Crippen molar-refractivity contribution in [2.75, 3.05) is 37.6 Å². The average molecular weight is 495 g/mol. The number of amides is 4. The summed E-state index contributed by atoms with van der Waals surface area (Å²) in [5.74, 6) is -0.190. The zero-order valence-corrected chi connectivity index (χ0v) is 20.5. The molecule has 0 aromatic heterocycles. The molecule has 0 atom stereocenters. The van der Waals surface area contributed by atoms with E-state index in [1.165, 1.54) is 6.07 Å². The van der Waals surface area contributed by atoms with Gasteiger partial charge in [-0.15, -0.1) is 0 Å². The zero-order valence-electron chi connectivity index (χ0n) is 20.5. The summed E-state index contributed by atoms with van der Waals surface area (Å²) < 4.78 is 39.1. The Morgan fingerprint density at radius 1 is 1.06 bits per heavy atom. The molecule has 2 saturated heterocycles. The maximum atomic E-state index is 13.2. The molecule has 0 radical (unpaired) electrons. The van der Waals surface area contributed by atoms with Gasteiger partial charge in [-0.05, 0) is 55.2 Å². The summed E-state index contributed by atoms with van der Waals surface area (Å²) >= 11 is 0. The fraction of sp³-hybridized carbons (Fsp3) is 0.640. The lowest BCUT2D eigenvalue weighted by Gasteiger charge is -2.40. The molecule has 3 fully saturated rings. The third-order valence-corrected chi connectivity index (χ3v) is 7.77. The Morgan fingerprint density at radius 2 is 1.69 bits per heavy atom. The molecule has 1 aromatic carbocycles. The molecule has 35 heavy (non-hydrogen) atoms. The average Bonchev–Trinajstić information content (AvgIpc) is 3.02. The van der Waals surface area contributed by atoms with Crippen LogP contribution < -0.4 is 10.2 Å². The number of halogens is 3. The van der Waals surface area contributed by atoms with Crippen LogP contribution in [0.3, 0.4) is 0 Å². The van der Waals surface area contributed by atoms with E-state index < -0.39 is 23.3 Å². The van der Waals surface area contributed by atoms with Gasteiger partial charge in [0.25, 0.3) is 5.91 Å². The highest BCUT2D eigenvalue weighted by Crippen LogP contribution is 2.43. The quantitative estimate of drug-likeness (QED) is 0.648. The van der Waals surface area contributed by atoms with Gasteiger partial charge in [-0.2, -0.15) is 13.2 Å². The summed E-state index contributed by atoms with van der Waals surface area (Å²) in [7, 11) is 0.